The van der Waals surface area contributed by atoms with Crippen LogP contribution in [0.5, 0.6) is 0 Å². The van der Waals surface area contributed by atoms with Gasteiger partial charge in [-0.2, -0.15) is 0 Å². The fraction of sp³-hybridized carbons (Fsp3) is 0.136. The molecule has 0 unspecified atom stereocenters. The molecular formula is C22H17NO4. The molecule has 0 fully saturated rings. The van der Waals surface area contributed by atoms with Gasteiger partial charge >= 0.3 is 5.97 Å². The van der Waals surface area contributed by atoms with E-state index in [1.165, 1.54) is 0 Å². The van der Waals surface area contributed by atoms with Crippen LogP contribution in [0.2, 0.25) is 0 Å². The van der Waals surface area contributed by atoms with E-state index < -0.39 is 11.9 Å². The van der Waals surface area contributed by atoms with E-state index in [9.17, 15) is 14.4 Å². The number of rotatable bonds is 4. The fourth-order valence-electron chi connectivity index (χ4n) is 3.31. The zero-order chi connectivity index (χ0) is 18.8. The molecule has 134 valence electrons. The minimum absolute atomic E-state index is 0.0903. The largest absolute Gasteiger partial charge is 0.459 e. The lowest BCUT2D eigenvalue weighted by atomic mass is 9.98. The second-order valence-corrected chi connectivity index (χ2v) is 6.42. The van der Waals surface area contributed by atoms with Gasteiger partial charge in [-0.25, -0.2) is 0 Å². The van der Waals surface area contributed by atoms with Crippen molar-refractivity contribution in [1.29, 1.82) is 0 Å². The summed E-state index contributed by atoms with van der Waals surface area (Å²) < 4.78 is 5.34. The second-order valence-electron chi connectivity index (χ2n) is 6.42. The van der Waals surface area contributed by atoms with Gasteiger partial charge < -0.3 is 4.74 Å². The number of imide groups is 1. The summed E-state index contributed by atoms with van der Waals surface area (Å²) in [6.07, 6.45) is 0.110. The molecule has 0 saturated carbocycles. The monoisotopic (exact) mass is 359 g/mol. The summed E-state index contributed by atoms with van der Waals surface area (Å²) in [6, 6.07) is 20.6. The number of ether oxygens (including phenoxy) is 1. The van der Waals surface area contributed by atoms with E-state index in [2.05, 4.69) is 0 Å². The Hall–Kier alpha value is -3.47. The molecule has 3 aromatic carbocycles. The lowest BCUT2D eigenvalue weighted by Gasteiger charge is -2.25. The highest BCUT2D eigenvalue weighted by Gasteiger charge is 2.32. The van der Waals surface area contributed by atoms with Gasteiger partial charge in [-0.15, -0.1) is 0 Å². The number of hydrogen-bond acceptors (Lipinski definition) is 4. The highest BCUT2D eigenvalue weighted by atomic mass is 16.5. The van der Waals surface area contributed by atoms with Crippen molar-refractivity contribution in [3.05, 3.63) is 83.4 Å². The summed E-state index contributed by atoms with van der Waals surface area (Å²) in [5.41, 5.74) is 2.02. The van der Waals surface area contributed by atoms with Crippen LogP contribution < -0.4 is 0 Å². The van der Waals surface area contributed by atoms with Crippen molar-refractivity contribution in [1.82, 2.24) is 4.90 Å². The van der Waals surface area contributed by atoms with Crippen molar-refractivity contribution >= 4 is 28.6 Å². The third-order valence-corrected chi connectivity index (χ3v) is 4.69. The van der Waals surface area contributed by atoms with Gasteiger partial charge in [0.15, 0.2) is 0 Å². The number of amides is 2. The van der Waals surface area contributed by atoms with Gasteiger partial charge in [-0.1, -0.05) is 60.7 Å². The molecule has 1 aliphatic heterocycles. The number of carbonyl (C=O) groups is 3. The van der Waals surface area contributed by atoms with Crippen LogP contribution in [0.25, 0.3) is 10.8 Å². The Morgan fingerprint density at radius 1 is 0.926 bits per heavy atom. The number of hydrogen-bond donors (Lipinski definition) is 0. The molecule has 0 radical (unpaired) electrons. The minimum atomic E-state index is -0.607. The van der Waals surface area contributed by atoms with E-state index in [1.807, 2.05) is 42.5 Å². The fourth-order valence-corrected chi connectivity index (χ4v) is 3.31. The van der Waals surface area contributed by atoms with Crippen LogP contribution in [0.15, 0.2) is 66.7 Å². The summed E-state index contributed by atoms with van der Waals surface area (Å²) in [6.45, 7) is -0.288. The van der Waals surface area contributed by atoms with E-state index >= 15 is 0 Å². The maximum atomic E-state index is 12.5. The molecule has 0 N–H and O–H groups in total. The van der Waals surface area contributed by atoms with Gasteiger partial charge in [-0.05, 0) is 28.0 Å². The zero-order valence-electron chi connectivity index (χ0n) is 14.6. The lowest BCUT2D eigenvalue weighted by Crippen LogP contribution is -2.45. The maximum Gasteiger partial charge on any atom is 0.326 e. The number of fused-ring (bicyclic) bond motifs is 2. The van der Waals surface area contributed by atoms with Crippen molar-refractivity contribution in [2.24, 2.45) is 0 Å². The predicted molar refractivity (Wildman–Crippen MR) is 99.9 cm³/mol. The molecule has 5 heteroatoms. The average Bonchev–Trinajstić information content (AvgIpc) is 2.69. The number of benzene rings is 3. The molecule has 2 amide bonds. The van der Waals surface area contributed by atoms with E-state index in [0.717, 1.165) is 21.2 Å². The molecular weight excluding hydrogens is 342 g/mol. The zero-order valence-corrected chi connectivity index (χ0v) is 14.6. The highest BCUT2D eigenvalue weighted by molar-refractivity contribution is 6.11. The van der Waals surface area contributed by atoms with Gasteiger partial charge in [-0.3, -0.25) is 19.3 Å². The van der Waals surface area contributed by atoms with Crippen LogP contribution in [0.1, 0.15) is 21.5 Å². The summed E-state index contributed by atoms with van der Waals surface area (Å²) in [7, 11) is 0. The highest BCUT2D eigenvalue weighted by Crippen LogP contribution is 2.21. The summed E-state index contributed by atoms with van der Waals surface area (Å²) in [4.78, 5) is 38.0. The molecule has 0 saturated heterocycles. The molecule has 1 aliphatic rings. The van der Waals surface area contributed by atoms with Gasteiger partial charge in [0.05, 0.1) is 6.42 Å². The molecule has 3 aromatic rings. The summed E-state index contributed by atoms with van der Waals surface area (Å²) in [5.74, 6) is -1.45. The first-order valence-electron chi connectivity index (χ1n) is 8.68. The molecule has 5 nitrogen and oxygen atoms in total. The standard InChI is InChI=1S/C22H17NO4/c24-20-12-16-7-2-4-11-19(16)22(26)23(20)13-21(25)27-14-17-9-5-8-15-6-1-3-10-18(15)17/h1-11H,12-14H2. The Labute approximate surface area is 156 Å². The first-order valence-corrected chi connectivity index (χ1v) is 8.68. The molecule has 27 heavy (non-hydrogen) atoms. The van der Waals surface area contributed by atoms with Gasteiger partial charge in [0.2, 0.25) is 5.91 Å². The first kappa shape index (κ1) is 17.0. The van der Waals surface area contributed by atoms with Crippen LogP contribution >= 0.6 is 0 Å². The Morgan fingerprint density at radius 3 is 2.56 bits per heavy atom. The Bertz CT molecular complexity index is 1050. The summed E-state index contributed by atoms with van der Waals surface area (Å²) in [5, 5.41) is 2.07. The molecule has 0 aliphatic carbocycles. The first-order chi connectivity index (χ1) is 13.1. The topological polar surface area (TPSA) is 63.7 Å². The van der Waals surface area contributed by atoms with Crippen molar-refractivity contribution < 1.29 is 19.1 Å². The van der Waals surface area contributed by atoms with E-state index in [-0.39, 0.29) is 25.5 Å². The van der Waals surface area contributed by atoms with Crippen LogP contribution in [0.3, 0.4) is 0 Å². The number of carbonyl (C=O) groups excluding carboxylic acids is 3. The van der Waals surface area contributed by atoms with Crippen LogP contribution in [0, 0.1) is 0 Å². The van der Waals surface area contributed by atoms with Crippen LogP contribution in [-0.4, -0.2) is 29.2 Å². The molecule has 0 spiro atoms. The Kier molecular flexibility index (Phi) is 4.42. The quantitative estimate of drug-likeness (QED) is 0.530. The van der Waals surface area contributed by atoms with Gasteiger partial charge in [0.25, 0.3) is 5.91 Å². The number of esters is 1. The molecule has 1 heterocycles. The SMILES string of the molecule is O=C(CN1C(=O)Cc2ccccc2C1=O)OCc1cccc2ccccc12. The third kappa shape index (κ3) is 3.31. The molecule has 0 bridgehead atoms. The third-order valence-electron chi connectivity index (χ3n) is 4.69. The predicted octanol–water partition coefficient (Wildman–Crippen LogP) is 3.11. The average molecular weight is 359 g/mol. The van der Waals surface area contributed by atoms with Crippen molar-refractivity contribution in [2.75, 3.05) is 6.54 Å². The molecule has 0 aromatic heterocycles. The van der Waals surface area contributed by atoms with Crippen LogP contribution in [-0.2, 0) is 27.4 Å². The second kappa shape index (κ2) is 7.03. The molecule has 4 rings (SSSR count). The minimum Gasteiger partial charge on any atom is -0.459 e. The lowest BCUT2D eigenvalue weighted by molar-refractivity contribution is -0.149. The van der Waals surface area contributed by atoms with E-state index in [1.54, 1.807) is 24.3 Å². The van der Waals surface area contributed by atoms with Crippen LogP contribution in [0.4, 0.5) is 0 Å². The van der Waals surface area contributed by atoms with Gasteiger partial charge in [0.1, 0.15) is 13.2 Å². The van der Waals surface area contributed by atoms with Crippen molar-refractivity contribution in [2.45, 2.75) is 13.0 Å². The van der Waals surface area contributed by atoms with Gasteiger partial charge in [0, 0.05) is 5.56 Å². The smallest absolute Gasteiger partial charge is 0.326 e. The number of nitrogens with zero attached hydrogens (tertiary/aromatic N) is 1. The maximum absolute atomic E-state index is 12.5. The molecule has 0 atom stereocenters. The Balaban J connectivity index is 1.45. The normalized spacial score (nSPS) is 13.6. The van der Waals surface area contributed by atoms with Crippen molar-refractivity contribution in [3.63, 3.8) is 0 Å². The summed E-state index contributed by atoms with van der Waals surface area (Å²) >= 11 is 0. The van der Waals surface area contributed by atoms with E-state index in [0.29, 0.717) is 11.1 Å². The van der Waals surface area contributed by atoms with E-state index in [4.69, 9.17) is 4.74 Å². The van der Waals surface area contributed by atoms with Crippen molar-refractivity contribution in [3.8, 4) is 0 Å². The Morgan fingerprint density at radius 2 is 1.67 bits per heavy atom.